The van der Waals surface area contributed by atoms with Crippen LogP contribution in [0.4, 0.5) is 0 Å². The lowest BCUT2D eigenvalue weighted by atomic mass is 9.90. The molecule has 3 aliphatic rings. The van der Waals surface area contributed by atoms with Crippen molar-refractivity contribution >= 4 is 19.6 Å². The van der Waals surface area contributed by atoms with E-state index in [-0.39, 0.29) is 8.41 Å². The zero-order valence-electron chi connectivity index (χ0n) is 14.6. The van der Waals surface area contributed by atoms with Gasteiger partial charge in [-0.15, -0.1) is 0 Å². The number of nitrogens with one attached hydrogen (secondary N) is 1. The predicted molar refractivity (Wildman–Crippen MR) is 98.8 cm³/mol. The van der Waals surface area contributed by atoms with Crippen LogP contribution in [0.1, 0.15) is 48.7 Å². The maximum absolute atomic E-state index is 5.55. The molecule has 2 saturated heterocycles. The number of imidazole rings is 1. The molecule has 3 radical (unpaired) electrons. The van der Waals surface area contributed by atoms with Crippen LogP contribution in [0.2, 0.25) is 0 Å². The lowest BCUT2D eigenvalue weighted by Crippen LogP contribution is -2.26. The smallest absolute Gasteiger partial charge is 0.156 e. The molecule has 2 aliphatic heterocycles. The van der Waals surface area contributed by atoms with Crippen LogP contribution in [0.3, 0.4) is 0 Å². The molecule has 5 nitrogen and oxygen atoms in total. The molecule has 2 aromatic rings. The summed E-state index contributed by atoms with van der Waals surface area (Å²) < 4.78 is 7.86. The van der Waals surface area contributed by atoms with E-state index in [1.807, 2.05) is 6.20 Å². The van der Waals surface area contributed by atoms with Crippen LogP contribution in [-0.2, 0) is 11.2 Å². The molecular weight excluding hydrogens is 311 g/mol. The molecule has 1 aliphatic carbocycles. The Morgan fingerprint density at radius 1 is 1.08 bits per heavy atom. The van der Waals surface area contributed by atoms with Gasteiger partial charge in [-0.2, -0.15) is 0 Å². The highest BCUT2D eigenvalue weighted by molar-refractivity contribution is 5.75. The molecule has 25 heavy (non-hydrogen) atoms. The summed E-state index contributed by atoms with van der Waals surface area (Å²) in [5, 5.41) is 3.44. The Balaban J connectivity index is 0.00000157. The van der Waals surface area contributed by atoms with Gasteiger partial charge in [0.05, 0.1) is 23.3 Å². The fourth-order valence-corrected chi connectivity index (χ4v) is 4.46. The van der Waals surface area contributed by atoms with Gasteiger partial charge in [-0.05, 0) is 50.3 Å². The molecule has 129 valence electrons. The summed E-state index contributed by atoms with van der Waals surface area (Å²) in [5.74, 6) is 1.19. The predicted octanol–water partition coefficient (Wildman–Crippen LogP) is 2.18. The van der Waals surface area contributed by atoms with Gasteiger partial charge in [0.25, 0.3) is 0 Å². The summed E-state index contributed by atoms with van der Waals surface area (Å²) in [4.78, 5) is 9.63. The SMILES string of the molecule is C1=C(C2CCOCC2)c2c(ncc3nc(C4CCNCC4)cn23)C1.[B]. The molecule has 0 spiro atoms. The van der Waals surface area contributed by atoms with Gasteiger partial charge in [-0.3, -0.25) is 9.38 Å². The fourth-order valence-electron chi connectivity index (χ4n) is 4.46. The normalized spacial score (nSPS) is 21.8. The highest BCUT2D eigenvalue weighted by Crippen LogP contribution is 2.37. The van der Waals surface area contributed by atoms with Gasteiger partial charge in [0, 0.05) is 40.2 Å². The first-order valence-corrected chi connectivity index (χ1v) is 9.26. The van der Waals surface area contributed by atoms with E-state index < -0.39 is 0 Å². The zero-order chi connectivity index (χ0) is 15.9. The molecule has 0 atom stereocenters. The van der Waals surface area contributed by atoms with Gasteiger partial charge in [0.2, 0.25) is 0 Å². The molecule has 0 aromatic carbocycles. The van der Waals surface area contributed by atoms with E-state index >= 15 is 0 Å². The molecule has 0 bridgehead atoms. The molecule has 2 fully saturated rings. The molecule has 1 N–H and O–H groups in total. The number of allylic oxidation sites excluding steroid dienone is 2. The van der Waals surface area contributed by atoms with Crippen molar-refractivity contribution in [1.82, 2.24) is 19.7 Å². The molecule has 6 heteroatoms. The van der Waals surface area contributed by atoms with Crippen LogP contribution in [0.15, 0.2) is 18.5 Å². The third-order valence-electron chi connectivity index (χ3n) is 5.81. The zero-order valence-corrected chi connectivity index (χ0v) is 14.6. The lowest BCUT2D eigenvalue weighted by Gasteiger charge is -2.24. The largest absolute Gasteiger partial charge is 0.381 e. The minimum absolute atomic E-state index is 0. The fraction of sp³-hybridized carbons (Fsp3) is 0.579. The number of fused-ring (bicyclic) bond motifs is 3. The average molecular weight is 335 g/mol. The van der Waals surface area contributed by atoms with Crippen LogP contribution in [0.25, 0.3) is 11.2 Å². The van der Waals surface area contributed by atoms with Crippen molar-refractivity contribution in [2.75, 3.05) is 26.3 Å². The maximum Gasteiger partial charge on any atom is 0.156 e. The molecule has 2 aromatic heterocycles. The Kier molecular flexibility index (Phi) is 4.65. The summed E-state index contributed by atoms with van der Waals surface area (Å²) in [6.45, 7) is 3.96. The van der Waals surface area contributed by atoms with Gasteiger partial charge >= 0.3 is 0 Å². The second-order valence-corrected chi connectivity index (χ2v) is 7.22. The van der Waals surface area contributed by atoms with Crippen molar-refractivity contribution in [1.29, 1.82) is 0 Å². The molecule has 5 rings (SSSR count). The van der Waals surface area contributed by atoms with E-state index in [1.165, 1.54) is 35.5 Å². The first-order chi connectivity index (χ1) is 11.9. The van der Waals surface area contributed by atoms with Crippen molar-refractivity contribution in [2.24, 2.45) is 5.92 Å². The highest BCUT2D eigenvalue weighted by Gasteiger charge is 2.28. The number of rotatable bonds is 2. The quantitative estimate of drug-likeness (QED) is 0.855. The van der Waals surface area contributed by atoms with Gasteiger partial charge in [-0.25, -0.2) is 4.98 Å². The van der Waals surface area contributed by atoms with Crippen molar-refractivity contribution in [3.63, 3.8) is 0 Å². The first kappa shape index (κ1) is 16.8. The summed E-state index contributed by atoms with van der Waals surface area (Å²) in [7, 11) is 0. The lowest BCUT2D eigenvalue weighted by molar-refractivity contribution is 0.0807. The van der Waals surface area contributed by atoms with Gasteiger partial charge in [0.1, 0.15) is 0 Å². The Morgan fingerprint density at radius 3 is 2.68 bits per heavy atom. The third-order valence-corrected chi connectivity index (χ3v) is 5.81. The van der Waals surface area contributed by atoms with Crippen LogP contribution < -0.4 is 5.32 Å². The Morgan fingerprint density at radius 2 is 1.88 bits per heavy atom. The van der Waals surface area contributed by atoms with Crippen molar-refractivity contribution in [3.8, 4) is 0 Å². The molecule has 0 saturated carbocycles. The Hall–Kier alpha value is -1.66. The van der Waals surface area contributed by atoms with Crippen LogP contribution >= 0.6 is 0 Å². The van der Waals surface area contributed by atoms with E-state index in [2.05, 4.69) is 22.0 Å². The van der Waals surface area contributed by atoms with Crippen molar-refractivity contribution in [3.05, 3.63) is 35.6 Å². The van der Waals surface area contributed by atoms with Crippen molar-refractivity contribution < 1.29 is 4.74 Å². The molecule has 4 heterocycles. The summed E-state index contributed by atoms with van der Waals surface area (Å²) in [5.41, 5.74) is 6.23. The van der Waals surface area contributed by atoms with E-state index in [0.29, 0.717) is 11.8 Å². The topological polar surface area (TPSA) is 51.5 Å². The van der Waals surface area contributed by atoms with Gasteiger partial charge in [-0.1, -0.05) is 6.08 Å². The van der Waals surface area contributed by atoms with Crippen molar-refractivity contribution in [2.45, 2.75) is 38.0 Å². The second-order valence-electron chi connectivity index (χ2n) is 7.22. The number of hydrogen-bond donors (Lipinski definition) is 1. The summed E-state index contributed by atoms with van der Waals surface area (Å²) in [6, 6.07) is 0. The standard InChI is InChI=1S/C19H24N4O.B/c1-2-16-19(15(1)13-5-9-24-10-6-13)23-12-17(22-18(23)11-21-16)14-3-7-20-8-4-14;/h1,11-14,20H,2-10H2;. The van der Waals surface area contributed by atoms with E-state index in [9.17, 15) is 0 Å². The number of nitrogens with zero attached hydrogens (tertiary/aromatic N) is 3. The van der Waals surface area contributed by atoms with Crippen LogP contribution in [0, 0.1) is 5.92 Å². The molecule has 0 unspecified atom stereocenters. The number of piperidine rings is 1. The first-order valence-electron chi connectivity index (χ1n) is 9.26. The number of ether oxygens (including phenoxy) is 1. The average Bonchev–Trinajstić information content (AvgIpc) is 3.27. The monoisotopic (exact) mass is 335 g/mol. The van der Waals surface area contributed by atoms with E-state index in [4.69, 9.17) is 14.7 Å². The second kappa shape index (κ2) is 6.92. The minimum atomic E-state index is 0. The van der Waals surface area contributed by atoms with Gasteiger partial charge < -0.3 is 10.1 Å². The van der Waals surface area contributed by atoms with Crippen LogP contribution in [-0.4, -0.2) is 49.1 Å². The Bertz CT molecular complexity index is 788. The Labute approximate surface area is 150 Å². The number of hydrogen-bond acceptors (Lipinski definition) is 4. The molecule has 0 amide bonds. The highest BCUT2D eigenvalue weighted by atomic mass is 16.5. The summed E-state index contributed by atoms with van der Waals surface area (Å²) >= 11 is 0. The summed E-state index contributed by atoms with van der Waals surface area (Å²) in [6.07, 6.45) is 12.2. The maximum atomic E-state index is 5.55. The van der Waals surface area contributed by atoms with Crippen LogP contribution in [0.5, 0.6) is 0 Å². The minimum Gasteiger partial charge on any atom is -0.381 e. The molecular formula is C19H24BN4O. The van der Waals surface area contributed by atoms with E-state index in [1.54, 1.807) is 0 Å². The third kappa shape index (κ3) is 2.91. The van der Waals surface area contributed by atoms with E-state index in [0.717, 1.165) is 51.2 Å². The van der Waals surface area contributed by atoms with Gasteiger partial charge in [0.15, 0.2) is 5.65 Å². The number of aromatic nitrogens is 3.